The number of carbonyl (C=O) groups excluding carboxylic acids is 2. The summed E-state index contributed by atoms with van der Waals surface area (Å²) >= 11 is 0. The molecule has 0 aliphatic heterocycles. The predicted octanol–water partition coefficient (Wildman–Crippen LogP) is -0.510. The van der Waals surface area contributed by atoms with Crippen LogP contribution in [-0.4, -0.2) is 66.2 Å². The Morgan fingerprint density at radius 1 is 0.800 bits per heavy atom. The van der Waals surface area contributed by atoms with E-state index in [1.165, 1.54) is 12.1 Å². The van der Waals surface area contributed by atoms with Crippen LogP contribution in [0.2, 0.25) is 0 Å². The lowest BCUT2D eigenvalue weighted by Gasteiger charge is -2.17. The normalized spacial score (nSPS) is 12.2. The number of nitrogens with one attached hydrogen (secondary N) is 6. The van der Waals surface area contributed by atoms with E-state index in [0.29, 0.717) is 11.4 Å². The molecule has 2 atom stereocenters. The van der Waals surface area contributed by atoms with Gasteiger partial charge in [-0.3, -0.25) is 20.2 Å². The molecule has 2 heterocycles. The summed E-state index contributed by atoms with van der Waals surface area (Å²) in [6.07, 6.45) is -0.339. The highest BCUT2D eigenvalue weighted by Gasteiger charge is 2.24. The molecular formula is C19H24N8O8. The lowest BCUT2D eigenvalue weighted by atomic mass is 10.1. The van der Waals surface area contributed by atoms with E-state index in [4.69, 9.17) is 0 Å². The van der Waals surface area contributed by atoms with Crippen LogP contribution in [0.1, 0.15) is 30.7 Å². The van der Waals surface area contributed by atoms with E-state index in [0.717, 1.165) is 0 Å². The minimum absolute atomic E-state index is 0.00640. The Morgan fingerprint density at radius 3 is 1.49 bits per heavy atom. The second-order valence-electron chi connectivity index (χ2n) is 7.41. The number of nitrogens with zero attached hydrogens (tertiary/aromatic N) is 2. The van der Waals surface area contributed by atoms with Crippen molar-refractivity contribution in [3.63, 3.8) is 0 Å². The van der Waals surface area contributed by atoms with E-state index < -0.39 is 47.2 Å². The quantitative estimate of drug-likeness (QED) is 0.211. The topological polar surface area (TPSA) is 248 Å². The Balaban J connectivity index is 1.90. The van der Waals surface area contributed by atoms with Crippen LogP contribution in [0.25, 0.3) is 0 Å². The third-order valence-electron chi connectivity index (χ3n) is 4.41. The number of rotatable bonds is 10. The fraction of sp³-hybridized carbons (Fsp3) is 0.368. The molecule has 0 radical (unpaired) electrons. The van der Waals surface area contributed by atoms with Gasteiger partial charge in [-0.05, 0) is 33.1 Å². The number of carboxylic acid groups (broad SMARTS) is 2. The van der Waals surface area contributed by atoms with Crippen molar-refractivity contribution in [3.05, 3.63) is 44.2 Å². The van der Waals surface area contributed by atoms with E-state index >= 15 is 0 Å². The second-order valence-corrected chi connectivity index (χ2v) is 7.41. The first kappa shape index (κ1) is 26.5. The average Bonchev–Trinajstić information content (AvgIpc) is 2.70. The molecule has 16 nitrogen and oxygen atoms in total. The molecule has 35 heavy (non-hydrogen) atoms. The van der Waals surface area contributed by atoms with Gasteiger partial charge < -0.3 is 30.8 Å². The van der Waals surface area contributed by atoms with Crippen molar-refractivity contribution in [3.8, 4) is 0 Å². The predicted molar refractivity (Wildman–Crippen MR) is 120 cm³/mol. The van der Waals surface area contributed by atoms with Crippen molar-refractivity contribution >= 4 is 35.9 Å². The van der Waals surface area contributed by atoms with Crippen LogP contribution in [-0.2, 0) is 9.59 Å². The molecule has 0 bridgehead atoms. The van der Waals surface area contributed by atoms with Gasteiger partial charge in [0.2, 0.25) is 11.9 Å². The van der Waals surface area contributed by atoms with Crippen LogP contribution in [0, 0.1) is 13.8 Å². The van der Waals surface area contributed by atoms with E-state index in [-0.39, 0.29) is 31.2 Å². The molecule has 2 rings (SSSR count). The number of carbonyl (C=O) groups is 4. The first-order valence-corrected chi connectivity index (χ1v) is 10.2. The summed E-state index contributed by atoms with van der Waals surface area (Å²) < 4.78 is 0. The third kappa shape index (κ3) is 8.95. The average molecular weight is 492 g/mol. The lowest BCUT2D eigenvalue weighted by molar-refractivity contribution is -0.139. The van der Waals surface area contributed by atoms with Crippen LogP contribution in [0.4, 0.5) is 21.5 Å². The molecule has 2 aromatic heterocycles. The van der Waals surface area contributed by atoms with Crippen molar-refractivity contribution in [1.29, 1.82) is 0 Å². The van der Waals surface area contributed by atoms with Gasteiger partial charge in [0, 0.05) is 23.5 Å². The monoisotopic (exact) mass is 492 g/mol. The van der Waals surface area contributed by atoms with E-state index in [9.17, 15) is 39.0 Å². The number of aromatic amines is 2. The summed E-state index contributed by atoms with van der Waals surface area (Å²) in [5.41, 5.74) is -0.356. The lowest BCUT2D eigenvalue weighted by Crippen LogP contribution is -2.45. The first-order valence-electron chi connectivity index (χ1n) is 10.2. The van der Waals surface area contributed by atoms with Gasteiger partial charge in [-0.2, -0.15) is 9.97 Å². The Morgan fingerprint density at radius 2 is 1.17 bits per heavy atom. The summed E-state index contributed by atoms with van der Waals surface area (Å²) in [6, 6.07) is -2.27. The zero-order valence-electron chi connectivity index (χ0n) is 18.7. The maximum atomic E-state index is 12.1. The Labute approximate surface area is 196 Å². The number of hydrogen-bond donors (Lipinski definition) is 8. The number of hydrogen-bond acceptors (Lipinski definition) is 8. The van der Waals surface area contributed by atoms with Crippen LogP contribution in [0.5, 0.6) is 0 Å². The van der Waals surface area contributed by atoms with Gasteiger partial charge in [-0.1, -0.05) is 0 Å². The number of amides is 4. The Kier molecular flexibility index (Phi) is 9.02. The number of aryl methyl sites for hydroxylation is 2. The van der Waals surface area contributed by atoms with Gasteiger partial charge in [0.05, 0.1) is 0 Å². The van der Waals surface area contributed by atoms with Crippen LogP contribution in [0.3, 0.4) is 0 Å². The van der Waals surface area contributed by atoms with E-state index in [1.54, 1.807) is 13.8 Å². The molecule has 0 aliphatic carbocycles. The zero-order chi connectivity index (χ0) is 26.1. The van der Waals surface area contributed by atoms with Crippen molar-refractivity contribution in [2.75, 3.05) is 10.6 Å². The summed E-state index contributed by atoms with van der Waals surface area (Å²) in [5.74, 6) is -3.11. The molecule has 2 unspecified atom stereocenters. The first-order chi connectivity index (χ1) is 16.4. The summed E-state index contributed by atoms with van der Waals surface area (Å²) in [4.78, 5) is 82.3. The van der Waals surface area contributed by atoms with Gasteiger partial charge in [0.1, 0.15) is 12.1 Å². The zero-order valence-corrected chi connectivity index (χ0v) is 18.7. The minimum atomic E-state index is -1.39. The molecular weight excluding hydrogens is 468 g/mol. The number of H-pyrrole nitrogens is 2. The highest BCUT2D eigenvalue weighted by molar-refractivity contribution is 5.91. The van der Waals surface area contributed by atoms with Crippen LogP contribution in [0.15, 0.2) is 21.7 Å². The van der Waals surface area contributed by atoms with E-state index in [2.05, 4.69) is 41.2 Å². The smallest absolute Gasteiger partial charge is 0.326 e. The van der Waals surface area contributed by atoms with Gasteiger partial charge in [0.15, 0.2) is 0 Å². The molecule has 0 aliphatic rings. The maximum Gasteiger partial charge on any atom is 0.326 e. The van der Waals surface area contributed by atoms with Gasteiger partial charge in [0.25, 0.3) is 11.1 Å². The van der Waals surface area contributed by atoms with Crippen LogP contribution < -0.4 is 32.4 Å². The molecule has 16 heteroatoms. The molecule has 0 saturated heterocycles. The highest BCUT2D eigenvalue weighted by Crippen LogP contribution is 2.07. The molecule has 0 saturated carbocycles. The molecule has 2 aromatic rings. The number of urea groups is 2. The van der Waals surface area contributed by atoms with Crippen molar-refractivity contribution in [1.82, 2.24) is 30.6 Å². The number of carboxylic acids is 2. The summed E-state index contributed by atoms with van der Waals surface area (Å²) in [5, 5.41) is 27.5. The largest absolute Gasteiger partial charge is 0.480 e. The molecule has 0 aromatic carbocycles. The third-order valence-corrected chi connectivity index (χ3v) is 4.41. The summed E-state index contributed by atoms with van der Waals surface area (Å²) in [7, 11) is 0. The molecule has 8 N–H and O–H groups in total. The standard InChI is InChI=1S/C19H24N8O8/c1-8-6-12(28)24-16(20-8)26-18(34)22-10(14(30)31)4-3-5-11(15(32)33)23-19(35)27-17-21-9(2)7-13(29)25-17/h6-7,10-11H,3-5H2,1-2H3,(H,30,31)(H,32,33)(H3,20,22,24,26,28,34)(H3,21,23,25,27,29,35). The van der Waals surface area contributed by atoms with Gasteiger partial charge in [-0.15, -0.1) is 0 Å². The Hall–Kier alpha value is -4.76. The van der Waals surface area contributed by atoms with Crippen molar-refractivity contribution < 1.29 is 29.4 Å². The minimum Gasteiger partial charge on any atom is -0.480 e. The maximum absolute atomic E-state index is 12.1. The fourth-order valence-corrected chi connectivity index (χ4v) is 2.92. The molecule has 188 valence electrons. The molecule has 4 amide bonds. The van der Waals surface area contributed by atoms with Gasteiger partial charge in [-0.25, -0.2) is 19.2 Å². The van der Waals surface area contributed by atoms with Gasteiger partial charge >= 0.3 is 24.0 Å². The highest BCUT2D eigenvalue weighted by atomic mass is 16.4. The second kappa shape index (κ2) is 11.9. The summed E-state index contributed by atoms with van der Waals surface area (Å²) in [6.45, 7) is 3.13. The van der Waals surface area contributed by atoms with Crippen molar-refractivity contribution in [2.45, 2.75) is 45.2 Å². The van der Waals surface area contributed by atoms with Crippen LogP contribution >= 0.6 is 0 Å². The van der Waals surface area contributed by atoms with Crippen molar-refractivity contribution in [2.24, 2.45) is 0 Å². The SMILES string of the molecule is Cc1cc(=O)nc(NC(=O)NC(CCCC(NC(=O)Nc2nc(=O)cc(C)[nH]2)C(=O)O)C(=O)O)[nH]1. The van der Waals surface area contributed by atoms with E-state index in [1.807, 2.05) is 0 Å². The fourth-order valence-electron chi connectivity index (χ4n) is 2.92. The molecule has 0 fully saturated rings. The molecule has 0 spiro atoms. The number of aromatic nitrogens is 4. The Bertz CT molecular complexity index is 1130. The number of anilines is 2. The number of aliphatic carboxylic acids is 2.